The van der Waals surface area contributed by atoms with Gasteiger partial charge < -0.3 is 5.11 Å². The fourth-order valence-electron chi connectivity index (χ4n) is 1.91. The molecule has 0 unspecified atom stereocenters. The molecule has 2 aromatic carbocycles. The Bertz CT molecular complexity index is 885. The van der Waals surface area contributed by atoms with E-state index in [1.807, 2.05) is 0 Å². The molecule has 0 aliphatic heterocycles. The van der Waals surface area contributed by atoms with E-state index in [2.05, 4.69) is 0 Å². The van der Waals surface area contributed by atoms with E-state index in [9.17, 15) is 31.0 Å². The molecule has 7 nitrogen and oxygen atoms in total. The van der Waals surface area contributed by atoms with Gasteiger partial charge in [-0.1, -0.05) is 30.3 Å². The molecule has 0 aliphatic rings. The Morgan fingerprint density at radius 3 is 1.81 bits per heavy atom. The minimum absolute atomic E-state index is 0.0913. The van der Waals surface area contributed by atoms with Crippen molar-refractivity contribution in [3.05, 3.63) is 42.5 Å². The number of hydrogen-bond donors (Lipinski definition) is 3. The zero-order valence-electron chi connectivity index (χ0n) is 10.3. The third-order valence-corrected chi connectivity index (χ3v) is 4.52. The number of hydrogen-bond acceptors (Lipinski definition) is 5. The van der Waals surface area contributed by atoms with Gasteiger partial charge in [-0.05, 0) is 17.7 Å². The van der Waals surface area contributed by atoms with Gasteiger partial charge in [0.1, 0.15) is 15.5 Å². The molecule has 0 amide bonds. The topological polar surface area (TPSA) is 129 Å². The number of phenols is 1. The molecule has 0 atom stereocenters. The van der Waals surface area contributed by atoms with Gasteiger partial charge in [-0.2, -0.15) is 16.8 Å². The van der Waals surface area contributed by atoms with Crippen LogP contribution in [0.2, 0.25) is 0 Å². The van der Waals surface area contributed by atoms with E-state index in [1.165, 1.54) is 24.3 Å². The zero-order valence-corrected chi connectivity index (χ0v) is 12.0. The van der Waals surface area contributed by atoms with Crippen LogP contribution >= 0.6 is 0 Å². The lowest BCUT2D eigenvalue weighted by atomic mass is 10.1. The van der Waals surface area contributed by atoms with Crippen molar-refractivity contribution in [3.63, 3.8) is 0 Å². The van der Waals surface area contributed by atoms with E-state index in [0.29, 0.717) is 0 Å². The molecule has 0 aromatic heterocycles. The van der Waals surface area contributed by atoms with Crippen LogP contribution in [-0.2, 0) is 20.2 Å². The van der Waals surface area contributed by atoms with Crippen LogP contribution < -0.4 is 0 Å². The Balaban J connectivity index is 3.03. The highest BCUT2D eigenvalue weighted by Crippen LogP contribution is 2.38. The SMILES string of the molecule is O=S(=O)(O)c1ccc(O)c(S(=O)(=O)O)c1-c1ccccc1. The van der Waals surface area contributed by atoms with Gasteiger partial charge in [0.15, 0.2) is 0 Å². The maximum Gasteiger partial charge on any atom is 0.298 e. The number of phenolic OH excluding ortho intramolecular Hbond substituents is 1. The van der Waals surface area contributed by atoms with Gasteiger partial charge in [0.05, 0.1) is 0 Å². The Kier molecular flexibility index (Phi) is 3.76. The first kappa shape index (κ1) is 15.4. The fourth-order valence-corrected chi connectivity index (χ4v) is 3.51. The summed E-state index contributed by atoms with van der Waals surface area (Å²) in [6, 6.07) is 8.96. The molecule has 0 bridgehead atoms. The third-order valence-electron chi connectivity index (χ3n) is 2.70. The van der Waals surface area contributed by atoms with Crippen molar-refractivity contribution in [3.8, 4) is 16.9 Å². The van der Waals surface area contributed by atoms with E-state index in [1.54, 1.807) is 6.07 Å². The van der Waals surface area contributed by atoms with Gasteiger partial charge in [-0.15, -0.1) is 0 Å². The first-order valence-electron chi connectivity index (χ1n) is 5.49. The maximum absolute atomic E-state index is 11.4. The van der Waals surface area contributed by atoms with Crippen molar-refractivity contribution < 1.29 is 31.0 Å². The second-order valence-corrected chi connectivity index (χ2v) is 6.85. The van der Waals surface area contributed by atoms with Crippen LogP contribution in [0.5, 0.6) is 5.75 Å². The minimum Gasteiger partial charge on any atom is -0.506 e. The van der Waals surface area contributed by atoms with Gasteiger partial charge in [0.25, 0.3) is 20.2 Å². The predicted molar refractivity (Wildman–Crippen MR) is 73.2 cm³/mol. The van der Waals surface area contributed by atoms with Crippen molar-refractivity contribution in [1.82, 2.24) is 0 Å². The number of rotatable bonds is 3. The molecule has 112 valence electrons. The molecule has 0 saturated carbocycles. The van der Waals surface area contributed by atoms with Gasteiger partial charge in [-0.3, -0.25) is 9.11 Å². The molecule has 2 aromatic rings. The van der Waals surface area contributed by atoms with Crippen molar-refractivity contribution in [2.24, 2.45) is 0 Å². The van der Waals surface area contributed by atoms with E-state index in [4.69, 9.17) is 0 Å². The molecular weight excluding hydrogens is 320 g/mol. The summed E-state index contributed by atoms with van der Waals surface area (Å²) in [7, 11) is -9.69. The molecule has 2 rings (SSSR count). The van der Waals surface area contributed by atoms with Crippen molar-refractivity contribution >= 4 is 20.2 Å². The molecule has 0 aliphatic carbocycles. The van der Waals surface area contributed by atoms with Crippen molar-refractivity contribution in [1.29, 1.82) is 0 Å². The monoisotopic (exact) mass is 330 g/mol. The highest BCUT2D eigenvalue weighted by Gasteiger charge is 2.28. The summed E-state index contributed by atoms with van der Waals surface area (Å²) in [4.78, 5) is -1.72. The lowest BCUT2D eigenvalue weighted by Crippen LogP contribution is -2.07. The van der Waals surface area contributed by atoms with Crippen LogP contribution in [0.3, 0.4) is 0 Å². The van der Waals surface area contributed by atoms with Gasteiger partial charge in [-0.25, -0.2) is 0 Å². The normalized spacial score (nSPS) is 12.3. The Hall–Kier alpha value is -1.94. The molecule has 0 saturated heterocycles. The average Bonchev–Trinajstić information content (AvgIpc) is 2.36. The van der Waals surface area contributed by atoms with Crippen molar-refractivity contribution in [2.75, 3.05) is 0 Å². The molecule has 9 heteroatoms. The summed E-state index contributed by atoms with van der Waals surface area (Å²) in [6.45, 7) is 0. The number of benzene rings is 2. The summed E-state index contributed by atoms with van der Waals surface area (Å²) < 4.78 is 64.2. The van der Waals surface area contributed by atoms with Gasteiger partial charge in [0.2, 0.25) is 0 Å². The van der Waals surface area contributed by atoms with E-state index >= 15 is 0 Å². The average molecular weight is 330 g/mol. The number of aromatic hydroxyl groups is 1. The van der Waals surface area contributed by atoms with Gasteiger partial charge >= 0.3 is 0 Å². The van der Waals surface area contributed by atoms with Crippen LogP contribution in [-0.4, -0.2) is 31.0 Å². The largest absolute Gasteiger partial charge is 0.506 e. The molecule has 21 heavy (non-hydrogen) atoms. The van der Waals surface area contributed by atoms with Crippen molar-refractivity contribution in [2.45, 2.75) is 9.79 Å². The standard InChI is InChI=1S/C12H10O7S2/c13-9-6-7-10(20(14,15)16)11(12(9)21(17,18)19)8-4-2-1-3-5-8/h1-7,13H,(H,14,15,16)(H,17,18,19). The Morgan fingerprint density at radius 2 is 1.33 bits per heavy atom. The quantitative estimate of drug-likeness (QED) is 0.728. The molecule has 0 spiro atoms. The third kappa shape index (κ3) is 3.05. The van der Waals surface area contributed by atoms with E-state index in [0.717, 1.165) is 12.1 Å². The predicted octanol–water partition coefficient (Wildman–Crippen LogP) is 1.55. The highest BCUT2D eigenvalue weighted by molar-refractivity contribution is 7.87. The zero-order chi connectivity index (χ0) is 15.8. The fraction of sp³-hybridized carbons (Fsp3) is 0. The Morgan fingerprint density at radius 1 is 0.762 bits per heavy atom. The Labute approximate surface area is 121 Å². The molecule has 0 heterocycles. The first-order chi connectivity index (χ1) is 9.62. The lowest BCUT2D eigenvalue weighted by molar-refractivity contribution is 0.443. The highest BCUT2D eigenvalue weighted by atomic mass is 32.2. The first-order valence-corrected chi connectivity index (χ1v) is 8.37. The molecular formula is C12H10O7S2. The van der Waals surface area contributed by atoms with E-state index in [-0.39, 0.29) is 5.56 Å². The van der Waals surface area contributed by atoms with Crippen LogP contribution in [0.25, 0.3) is 11.1 Å². The minimum atomic E-state index is -4.92. The molecule has 0 fully saturated rings. The lowest BCUT2D eigenvalue weighted by Gasteiger charge is -2.13. The molecule has 3 N–H and O–H groups in total. The second-order valence-electron chi connectivity index (χ2n) is 4.10. The van der Waals surface area contributed by atoms with Crippen LogP contribution in [0, 0.1) is 0 Å². The molecule has 0 radical (unpaired) electrons. The summed E-state index contributed by atoms with van der Waals surface area (Å²) in [6.07, 6.45) is 0. The summed E-state index contributed by atoms with van der Waals surface area (Å²) in [5.74, 6) is -0.830. The van der Waals surface area contributed by atoms with Crippen LogP contribution in [0.15, 0.2) is 52.3 Å². The summed E-state index contributed by atoms with van der Waals surface area (Å²) in [5.41, 5.74) is -0.408. The van der Waals surface area contributed by atoms with Crippen LogP contribution in [0.1, 0.15) is 0 Å². The summed E-state index contributed by atoms with van der Waals surface area (Å²) in [5, 5.41) is 9.66. The maximum atomic E-state index is 11.4. The smallest absolute Gasteiger partial charge is 0.298 e. The second kappa shape index (κ2) is 5.11. The van der Waals surface area contributed by atoms with Gasteiger partial charge in [0, 0.05) is 5.56 Å². The van der Waals surface area contributed by atoms with E-state index < -0.39 is 41.3 Å². The summed E-state index contributed by atoms with van der Waals surface area (Å²) >= 11 is 0. The van der Waals surface area contributed by atoms with Crippen LogP contribution in [0.4, 0.5) is 0 Å².